The molecule has 2 aromatic carbocycles. The molecule has 0 atom stereocenters. The van der Waals surface area contributed by atoms with Crippen LogP contribution in [0.1, 0.15) is 17.3 Å². The first kappa shape index (κ1) is 9.59. The number of aliphatic imine (C=N–C) groups is 1. The molecule has 0 saturated carbocycles. The van der Waals surface area contributed by atoms with E-state index in [1.165, 1.54) is 0 Å². The second-order valence-electron chi connectivity index (χ2n) is 3.26. The summed E-state index contributed by atoms with van der Waals surface area (Å²) in [5.74, 6) is 0. The van der Waals surface area contributed by atoms with E-state index in [4.69, 9.17) is 0 Å². The molecule has 2 nitrogen and oxygen atoms in total. The van der Waals surface area contributed by atoms with Gasteiger partial charge in [-0.1, -0.05) is 24.3 Å². The summed E-state index contributed by atoms with van der Waals surface area (Å²) in [5.41, 5.74) is 1.36. The monoisotopic (exact) mass is 197 g/mol. The molecule has 2 aromatic rings. The Labute approximate surface area is 88.3 Å². The molecule has 0 amide bonds. The van der Waals surface area contributed by atoms with Gasteiger partial charge in [0.1, 0.15) is 0 Å². The predicted molar refractivity (Wildman–Crippen MR) is 63.2 cm³/mol. The fraction of sp³-hybridized carbons (Fsp3) is 0.0769. The minimum atomic E-state index is 0.631. The van der Waals surface area contributed by atoms with Crippen LogP contribution in [-0.4, -0.2) is 12.5 Å². The van der Waals surface area contributed by atoms with Crippen molar-refractivity contribution in [3.05, 3.63) is 42.0 Å². The molecule has 0 aromatic heterocycles. The molecule has 0 radical (unpaired) electrons. The van der Waals surface area contributed by atoms with Crippen LogP contribution in [0.4, 0.5) is 5.69 Å². The van der Waals surface area contributed by atoms with Crippen LogP contribution in [0.3, 0.4) is 0 Å². The molecule has 2 heteroatoms. The SMILES string of the molecule is C/C=N/c1cc2ccccc2cc1C=O. The van der Waals surface area contributed by atoms with Crippen molar-refractivity contribution in [2.75, 3.05) is 0 Å². The van der Waals surface area contributed by atoms with E-state index >= 15 is 0 Å². The number of benzene rings is 2. The fourth-order valence-corrected chi connectivity index (χ4v) is 1.59. The zero-order valence-corrected chi connectivity index (χ0v) is 8.47. The molecule has 0 aliphatic heterocycles. The van der Waals surface area contributed by atoms with Gasteiger partial charge in [-0.3, -0.25) is 9.79 Å². The molecule has 2 rings (SSSR count). The summed E-state index contributed by atoms with van der Waals surface area (Å²) in [6.45, 7) is 1.84. The summed E-state index contributed by atoms with van der Waals surface area (Å²) < 4.78 is 0. The van der Waals surface area contributed by atoms with Crippen LogP contribution in [-0.2, 0) is 0 Å². The molecular weight excluding hydrogens is 186 g/mol. The van der Waals surface area contributed by atoms with Crippen LogP contribution < -0.4 is 0 Å². The van der Waals surface area contributed by atoms with Crippen LogP contribution in [0.25, 0.3) is 10.8 Å². The van der Waals surface area contributed by atoms with E-state index in [2.05, 4.69) is 4.99 Å². The van der Waals surface area contributed by atoms with Crippen LogP contribution in [0, 0.1) is 0 Å². The maximum Gasteiger partial charge on any atom is 0.152 e. The quantitative estimate of drug-likeness (QED) is 0.536. The average molecular weight is 197 g/mol. The summed E-state index contributed by atoms with van der Waals surface area (Å²) in [4.78, 5) is 15.0. The number of hydrogen-bond acceptors (Lipinski definition) is 2. The van der Waals surface area contributed by atoms with E-state index in [0.717, 1.165) is 22.7 Å². The highest BCUT2D eigenvalue weighted by molar-refractivity contribution is 5.95. The number of nitrogens with zero attached hydrogens (tertiary/aromatic N) is 1. The predicted octanol–water partition coefficient (Wildman–Crippen LogP) is 3.37. The maximum atomic E-state index is 10.9. The zero-order valence-electron chi connectivity index (χ0n) is 8.47. The Bertz CT molecular complexity index is 529. The van der Waals surface area contributed by atoms with Gasteiger partial charge >= 0.3 is 0 Å². The number of aldehydes is 1. The molecule has 0 saturated heterocycles. The Hall–Kier alpha value is -1.96. The van der Waals surface area contributed by atoms with E-state index in [9.17, 15) is 4.79 Å². The highest BCUT2D eigenvalue weighted by atomic mass is 16.1. The van der Waals surface area contributed by atoms with Crippen molar-refractivity contribution < 1.29 is 4.79 Å². The molecule has 74 valence electrons. The van der Waals surface area contributed by atoms with Crippen LogP contribution in [0.15, 0.2) is 41.4 Å². The van der Waals surface area contributed by atoms with Gasteiger partial charge in [-0.2, -0.15) is 0 Å². The summed E-state index contributed by atoms with van der Waals surface area (Å²) in [6.07, 6.45) is 2.53. The normalized spacial score (nSPS) is 11.0. The van der Waals surface area contributed by atoms with E-state index in [1.54, 1.807) is 6.21 Å². The van der Waals surface area contributed by atoms with Gasteiger partial charge in [0.05, 0.1) is 5.69 Å². The molecule has 0 bridgehead atoms. The van der Waals surface area contributed by atoms with Gasteiger partial charge in [0.2, 0.25) is 0 Å². The Morgan fingerprint density at radius 2 is 1.80 bits per heavy atom. The Morgan fingerprint density at radius 3 is 2.40 bits per heavy atom. The minimum Gasteiger partial charge on any atom is -0.298 e. The van der Waals surface area contributed by atoms with Crippen molar-refractivity contribution in [1.82, 2.24) is 0 Å². The Balaban J connectivity index is 2.74. The van der Waals surface area contributed by atoms with Crippen molar-refractivity contribution in [2.24, 2.45) is 4.99 Å². The van der Waals surface area contributed by atoms with Crippen molar-refractivity contribution in [3.63, 3.8) is 0 Å². The van der Waals surface area contributed by atoms with Gasteiger partial charge < -0.3 is 0 Å². The first-order valence-electron chi connectivity index (χ1n) is 4.82. The molecule has 0 heterocycles. The first-order chi connectivity index (χ1) is 7.35. The number of fused-ring (bicyclic) bond motifs is 1. The third kappa shape index (κ3) is 1.79. The lowest BCUT2D eigenvalue weighted by atomic mass is 10.1. The van der Waals surface area contributed by atoms with Gasteiger partial charge in [-0.05, 0) is 29.8 Å². The van der Waals surface area contributed by atoms with Gasteiger partial charge in [-0.25, -0.2) is 0 Å². The molecule has 0 aliphatic carbocycles. The molecule has 0 spiro atoms. The summed E-state index contributed by atoms with van der Waals surface area (Å²) in [6, 6.07) is 11.7. The highest BCUT2D eigenvalue weighted by Crippen LogP contribution is 2.24. The van der Waals surface area contributed by atoms with E-state index < -0.39 is 0 Å². The largest absolute Gasteiger partial charge is 0.298 e. The third-order valence-electron chi connectivity index (χ3n) is 2.29. The van der Waals surface area contributed by atoms with Crippen molar-refractivity contribution >= 4 is 29.0 Å². The van der Waals surface area contributed by atoms with Gasteiger partial charge in [0.25, 0.3) is 0 Å². The topological polar surface area (TPSA) is 29.4 Å². The molecule has 0 aliphatic rings. The third-order valence-corrected chi connectivity index (χ3v) is 2.29. The Morgan fingerprint density at radius 1 is 1.13 bits per heavy atom. The second-order valence-corrected chi connectivity index (χ2v) is 3.26. The van der Waals surface area contributed by atoms with Crippen LogP contribution in [0.5, 0.6) is 0 Å². The lowest BCUT2D eigenvalue weighted by molar-refractivity contribution is 0.112. The van der Waals surface area contributed by atoms with Crippen molar-refractivity contribution in [3.8, 4) is 0 Å². The van der Waals surface area contributed by atoms with E-state index in [1.807, 2.05) is 43.3 Å². The van der Waals surface area contributed by atoms with E-state index in [-0.39, 0.29) is 0 Å². The molecule has 0 fully saturated rings. The Kier molecular flexibility index (Phi) is 2.59. The molecule has 0 unspecified atom stereocenters. The highest BCUT2D eigenvalue weighted by Gasteiger charge is 2.01. The standard InChI is InChI=1S/C13H11NO/c1-2-14-13-8-11-6-4-3-5-10(11)7-12(13)9-15/h2-9H,1H3/b14-2+. The lowest BCUT2D eigenvalue weighted by Gasteiger charge is -2.02. The van der Waals surface area contributed by atoms with Crippen molar-refractivity contribution in [2.45, 2.75) is 6.92 Å². The van der Waals surface area contributed by atoms with E-state index in [0.29, 0.717) is 5.56 Å². The van der Waals surface area contributed by atoms with Gasteiger partial charge in [0.15, 0.2) is 6.29 Å². The summed E-state index contributed by atoms with van der Waals surface area (Å²) in [5, 5.41) is 2.17. The smallest absolute Gasteiger partial charge is 0.152 e. The molecule has 0 N–H and O–H groups in total. The second kappa shape index (κ2) is 4.05. The zero-order chi connectivity index (χ0) is 10.7. The summed E-state index contributed by atoms with van der Waals surface area (Å²) in [7, 11) is 0. The average Bonchev–Trinajstić information content (AvgIpc) is 2.28. The number of carbonyl (C=O) groups is 1. The number of rotatable bonds is 2. The van der Waals surface area contributed by atoms with Gasteiger partial charge in [0, 0.05) is 11.8 Å². The maximum absolute atomic E-state index is 10.9. The first-order valence-corrected chi connectivity index (χ1v) is 4.82. The lowest BCUT2D eigenvalue weighted by Crippen LogP contribution is -1.82. The van der Waals surface area contributed by atoms with Crippen LogP contribution >= 0.6 is 0 Å². The van der Waals surface area contributed by atoms with Crippen molar-refractivity contribution in [1.29, 1.82) is 0 Å². The fourth-order valence-electron chi connectivity index (χ4n) is 1.59. The molecular formula is C13H11NO. The number of carbonyl (C=O) groups excluding carboxylic acids is 1. The molecule has 15 heavy (non-hydrogen) atoms. The summed E-state index contributed by atoms with van der Waals surface area (Å²) >= 11 is 0. The minimum absolute atomic E-state index is 0.631. The van der Waals surface area contributed by atoms with Crippen LogP contribution in [0.2, 0.25) is 0 Å². The van der Waals surface area contributed by atoms with Gasteiger partial charge in [-0.15, -0.1) is 0 Å². The number of hydrogen-bond donors (Lipinski definition) is 0.